The molecule has 0 spiro atoms. The van der Waals surface area contributed by atoms with Crippen molar-refractivity contribution < 1.29 is 31.4 Å². The molecule has 1 aromatic heterocycles. The number of hydrogen-bond donors (Lipinski definition) is 1. The molecule has 0 saturated carbocycles. The van der Waals surface area contributed by atoms with E-state index in [1.165, 1.54) is 0 Å². The molecule has 1 rings (SSSR count). The van der Waals surface area contributed by atoms with Crippen LogP contribution in [0.5, 0.6) is 0 Å². The quantitative estimate of drug-likeness (QED) is 0.623. The Morgan fingerprint density at radius 3 is 2.64 bits per heavy atom. The molecule has 5 heteroatoms. The van der Waals surface area contributed by atoms with E-state index in [-0.39, 0.29) is 29.4 Å². The van der Waals surface area contributed by atoms with Gasteiger partial charge in [0.25, 0.3) is 0 Å². The van der Waals surface area contributed by atoms with Gasteiger partial charge in [-0.05, 0) is 6.42 Å². The third-order valence-corrected chi connectivity index (χ3v) is 2.09. The highest BCUT2D eigenvalue weighted by Gasteiger charge is 2.17. The van der Waals surface area contributed by atoms with Gasteiger partial charge in [0.15, 0.2) is 0 Å². The molecule has 0 saturated heterocycles. The van der Waals surface area contributed by atoms with Gasteiger partial charge in [-0.3, -0.25) is 4.79 Å². The molecule has 1 unspecified atom stereocenters. The molecule has 0 fully saturated rings. The lowest BCUT2D eigenvalue weighted by Gasteiger charge is -2.07. The third-order valence-electron chi connectivity index (χ3n) is 2.09. The second kappa shape index (κ2) is 5.80. The number of nitrogens with zero attached hydrogens (tertiary/aromatic N) is 2. The van der Waals surface area contributed by atoms with Crippen molar-refractivity contribution in [3.05, 3.63) is 18.7 Å². The number of carboxylic acids is 1. The molecule has 1 aromatic rings. The van der Waals surface area contributed by atoms with Crippen molar-refractivity contribution in [2.24, 2.45) is 7.05 Å². The lowest BCUT2D eigenvalue weighted by Crippen LogP contribution is -3.00. The van der Waals surface area contributed by atoms with Crippen LogP contribution in [0.15, 0.2) is 18.7 Å². The smallest absolute Gasteiger partial charge is 0.307 e. The van der Waals surface area contributed by atoms with Crippen LogP contribution < -0.4 is 21.5 Å². The molecule has 0 bridgehead atoms. The van der Waals surface area contributed by atoms with Crippen LogP contribution in [0.4, 0.5) is 0 Å². The van der Waals surface area contributed by atoms with Crippen LogP contribution in [0.1, 0.15) is 25.8 Å². The fraction of sp³-hybridized carbons (Fsp3) is 0.556. The Bertz CT molecular complexity index is 299. The number of rotatable bonds is 4. The van der Waals surface area contributed by atoms with Gasteiger partial charge in [0.1, 0.15) is 18.4 Å². The fourth-order valence-corrected chi connectivity index (χ4v) is 1.35. The second-order valence-corrected chi connectivity index (χ2v) is 3.19. The number of aryl methyl sites for hydroxylation is 1. The first kappa shape index (κ1) is 13.2. The summed E-state index contributed by atoms with van der Waals surface area (Å²) in [5, 5.41) is 8.66. The number of carbonyl (C=O) groups is 1. The summed E-state index contributed by atoms with van der Waals surface area (Å²) in [7, 11) is 1.92. The first-order valence-electron chi connectivity index (χ1n) is 4.38. The molecule has 0 aliphatic heterocycles. The Morgan fingerprint density at radius 2 is 2.29 bits per heavy atom. The first-order chi connectivity index (χ1) is 6.13. The van der Waals surface area contributed by atoms with Crippen molar-refractivity contribution in [3.8, 4) is 0 Å². The highest BCUT2D eigenvalue weighted by atomic mass is 79.9. The maximum absolute atomic E-state index is 10.5. The largest absolute Gasteiger partial charge is 1.00 e. The zero-order valence-electron chi connectivity index (χ0n) is 8.35. The van der Waals surface area contributed by atoms with E-state index in [1.807, 2.05) is 41.8 Å². The summed E-state index contributed by atoms with van der Waals surface area (Å²) in [4.78, 5) is 10.5. The molecular weight excluding hydrogens is 248 g/mol. The van der Waals surface area contributed by atoms with E-state index < -0.39 is 5.97 Å². The highest BCUT2D eigenvalue weighted by Crippen LogP contribution is 2.14. The normalized spacial score (nSPS) is 11.9. The van der Waals surface area contributed by atoms with E-state index in [1.54, 1.807) is 0 Å². The summed E-state index contributed by atoms with van der Waals surface area (Å²) >= 11 is 0. The Hall–Kier alpha value is -0.840. The topological polar surface area (TPSA) is 46.1 Å². The van der Waals surface area contributed by atoms with Gasteiger partial charge >= 0.3 is 5.97 Å². The number of hydrogen-bond acceptors (Lipinski definition) is 1. The lowest BCUT2D eigenvalue weighted by atomic mass is 10.1. The van der Waals surface area contributed by atoms with Crippen LogP contribution in [0.2, 0.25) is 0 Å². The van der Waals surface area contributed by atoms with Gasteiger partial charge < -0.3 is 22.1 Å². The number of halogens is 1. The molecule has 80 valence electrons. The van der Waals surface area contributed by atoms with E-state index in [4.69, 9.17) is 5.11 Å². The van der Waals surface area contributed by atoms with Gasteiger partial charge in [0.05, 0.1) is 13.5 Å². The molecule has 0 amide bonds. The lowest BCUT2D eigenvalue weighted by molar-refractivity contribution is -0.671. The summed E-state index contributed by atoms with van der Waals surface area (Å²) < 4.78 is 3.85. The van der Waals surface area contributed by atoms with Gasteiger partial charge in [0, 0.05) is 0 Å². The van der Waals surface area contributed by atoms with Crippen molar-refractivity contribution in [1.82, 2.24) is 4.57 Å². The summed E-state index contributed by atoms with van der Waals surface area (Å²) in [6.45, 7) is 1.99. The summed E-state index contributed by atoms with van der Waals surface area (Å²) in [6, 6.07) is 0.0682. The maximum atomic E-state index is 10.5. The Morgan fingerprint density at radius 1 is 1.64 bits per heavy atom. The number of aliphatic carboxylic acids is 1. The van der Waals surface area contributed by atoms with Crippen molar-refractivity contribution in [2.45, 2.75) is 25.8 Å². The van der Waals surface area contributed by atoms with E-state index >= 15 is 0 Å². The average molecular weight is 263 g/mol. The van der Waals surface area contributed by atoms with Gasteiger partial charge in [-0.2, -0.15) is 0 Å². The van der Waals surface area contributed by atoms with Gasteiger partial charge in [-0.15, -0.1) is 0 Å². The molecule has 0 aromatic carbocycles. The van der Waals surface area contributed by atoms with Gasteiger partial charge in [-0.25, -0.2) is 9.13 Å². The van der Waals surface area contributed by atoms with E-state index in [2.05, 4.69) is 0 Å². The van der Waals surface area contributed by atoms with Crippen LogP contribution in [-0.2, 0) is 11.8 Å². The van der Waals surface area contributed by atoms with Crippen LogP contribution in [0.3, 0.4) is 0 Å². The Kier molecular flexibility index (Phi) is 5.45. The minimum Gasteiger partial charge on any atom is -1.00 e. The number of aromatic nitrogens is 2. The zero-order valence-corrected chi connectivity index (χ0v) is 9.94. The van der Waals surface area contributed by atoms with Crippen molar-refractivity contribution in [2.75, 3.05) is 0 Å². The molecule has 1 N–H and O–H groups in total. The highest BCUT2D eigenvalue weighted by molar-refractivity contribution is 5.67. The molecule has 1 heterocycles. The van der Waals surface area contributed by atoms with Crippen LogP contribution in [0, 0.1) is 0 Å². The minimum atomic E-state index is -0.747. The maximum Gasteiger partial charge on any atom is 0.307 e. The average Bonchev–Trinajstić information content (AvgIpc) is 2.47. The zero-order chi connectivity index (χ0) is 9.84. The van der Waals surface area contributed by atoms with Crippen LogP contribution >= 0.6 is 0 Å². The summed E-state index contributed by atoms with van der Waals surface area (Å²) in [6.07, 6.45) is 6.73. The van der Waals surface area contributed by atoms with Gasteiger partial charge in [-0.1, -0.05) is 6.92 Å². The fourth-order valence-electron chi connectivity index (χ4n) is 1.35. The van der Waals surface area contributed by atoms with Crippen molar-refractivity contribution >= 4 is 5.97 Å². The van der Waals surface area contributed by atoms with Crippen molar-refractivity contribution in [1.29, 1.82) is 0 Å². The van der Waals surface area contributed by atoms with E-state index in [0.29, 0.717) is 0 Å². The second-order valence-electron chi connectivity index (χ2n) is 3.19. The Labute approximate surface area is 93.9 Å². The summed E-state index contributed by atoms with van der Waals surface area (Å²) in [5.41, 5.74) is 0. The SMILES string of the molecule is CCC(CC(=O)O)n1cc[n+](C)c1.[Br-]. The molecule has 4 nitrogen and oxygen atoms in total. The van der Waals surface area contributed by atoms with Crippen LogP contribution in [0.25, 0.3) is 0 Å². The first-order valence-corrected chi connectivity index (χ1v) is 4.38. The predicted octanol–water partition coefficient (Wildman–Crippen LogP) is -2.26. The molecule has 0 radical (unpaired) electrons. The van der Waals surface area contributed by atoms with Gasteiger partial charge in [0.2, 0.25) is 6.33 Å². The number of carboxylic acid groups (broad SMARTS) is 1. The minimum absolute atomic E-state index is 0. The van der Waals surface area contributed by atoms with E-state index in [9.17, 15) is 4.79 Å². The van der Waals surface area contributed by atoms with Crippen LogP contribution in [-0.4, -0.2) is 15.6 Å². The summed E-state index contributed by atoms with van der Waals surface area (Å²) in [5.74, 6) is -0.747. The van der Waals surface area contributed by atoms with Crippen molar-refractivity contribution in [3.63, 3.8) is 0 Å². The number of imidazole rings is 1. The van der Waals surface area contributed by atoms with E-state index in [0.717, 1.165) is 6.42 Å². The molecule has 14 heavy (non-hydrogen) atoms. The predicted molar refractivity (Wildman–Crippen MR) is 47.2 cm³/mol. The molecule has 0 aliphatic carbocycles. The Balaban J connectivity index is 0.00000169. The standard InChI is InChI=1S/C9H14N2O2.BrH/c1-3-8(6-9(12)13)11-5-4-10(2)7-11;/h4-5,7-8H,3,6H2,1-2H3;1H. The monoisotopic (exact) mass is 262 g/mol. The molecular formula is C9H15BrN2O2. The molecule has 1 atom stereocenters. The molecule has 0 aliphatic rings. The third kappa shape index (κ3) is 3.49.